The molecule has 3 heterocycles. The molecule has 8 heteroatoms. The Balaban J connectivity index is 1.55. The number of carbonyl (C=O) groups is 3. The van der Waals surface area contributed by atoms with Crippen molar-refractivity contribution in [2.75, 3.05) is 0 Å². The number of carbonyl (C=O) groups excluding carboxylic acids is 3. The van der Waals surface area contributed by atoms with Crippen LogP contribution in [-0.4, -0.2) is 39.3 Å². The van der Waals surface area contributed by atoms with Gasteiger partial charge >= 0.3 is 5.97 Å². The molecule has 0 saturated heterocycles. The van der Waals surface area contributed by atoms with Gasteiger partial charge in [-0.2, -0.15) is 0 Å². The van der Waals surface area contributed by atoms with Crippen LogP contribution in [0.2, 0.25) is 0 Å². The molecule has 2 amide bonds. The molecular weight excluding hydrogens is 410 g/mol. The van der Waals surface area contributed by atoms with Gasteiger partial charge in [0.15, 0.2) is 5.58 Å². The van der Waals surface area contributed by atoms with E-state index in [0.29, 0.717) is 11.1 Å². The van der Waals surface area contributed by atoms with Crippen molar-refractivity contribution in [2.24, 2.45) is 5.73 Å². The highest BCUT2D eigenvalue weighted by Gasteiger charge is 2.36. The Labute approximate surface area is 185 Å². The van der Waals surface area contributed by atoms with Crippen LogP contribution in [0.1, 0.15) is 49.5 Å². The van der Waals surface area contributed by atoms with Gasteiger partial charge in [-0.1, -0.05) is 6.07 Å². The van der Waals surface area contributed by atoms with Crippen molar-refractivity contribution in [1.29, 1.82) is 0 Å². The van der Waals surface area contributed by atoms with Crippen molar-refractivity contribution in [2.45, 2.75) is 51.8 Å². The van der Waals surface area contributed by atoms with Crippen LogP contribution in [0.15, 0.2) is 47.2 Å². The van der Waals surface area contributed by atoms with Crippen LogP contribution in [0, 0.1) is 0 Å². The van der Waals surface area contributed by atoms with E-state index in [9.17, 15) is 14.4 Å². The van der Waals surface area contributed by atoms with E-state index in [0.717, 1.165) is 22.2 Å². The first-order valence-corrected chi connectivity index (χ1v) is 10.4. The molecular formula is C24H25N3O5. The number of benzene rings is 1. The smallest absolute Gasteiger partial charge is 0.306 e. The molecule has 0 fully saturated rings. The Kier molecular flexibility index (Phi) is 5.46. The Bertz CT molecular complexity index is 1210. The summed E-state index contributed by atoms with van der Waals surface area (Å²) in [5, 5.41) is 0. The highest BCUT2D eigenvalue weighted by molar-refractivity contribution is 6.02. The molecule has 1 unspecified atom stereocenters. The van der Waals surface area contributed by atoms with Crippen LogP contribution in [-0.2, 0) is 20.9 Å². The number of hydrogen-bond donors (Lipinski definition) is 1. The number of rotatable bonds is 6. The quantitative estimate of drug-likeness (QED) is 0.593. The molecule has 166 valence electrons. The van der Waals surface area contributed by atoms with E-state index >= 15 is 0 Å². The SMILES string of the molecule is CC(C)(C)OC(=O)CCC(C(N)=O)N1Cc2cc(-c3coc4cccnc34)ccc2C1=O. The first kappa shape index (κ1) is 21.5. The predicted octanol–water partition coefficient (Wildman–Crippen LogP) is 3.43. The molecule has 1 aliphatic heterocycles. The molecule has 0 aliphatic carbocycles. The standard InChI is InChI=1S/C24H25N3O5/c1-24(2,3)32-20(28)9-8-18(22(25)29)27-12-15-11-14(6-7-16(15)23(27)30)17-13-31-19-5-4-10-26-21(17)19/h4-7,10-11,13,18H,8-9,12H2,1-3H3,(H2,25,29). The number of aromatic nitrogens is 1. The van der Waals surface area contributed by atoms with Gasteiger partial charge in [0.05, 0.1) is 0 Å². The topological polar surface area (TPSA) is 116 Å². The van der Waals surface area contributed by atoms with Crippen LogP contribution < -0.4 is 5.73 Å². The molecule has 0 radical (unpaired) electrons. The third-order valence-corrected chi connectivity index (χ3v) is 5.32. The van der Waals surface area contributed by atoms with Gasteiger partial charge < -0.3 is 19.8 Å². The minimum absolute atomic E-state index is 0.0110. The average Bonchev–Trinajstić information content (AvgIpc) is 3.28. The predicted molar refractivity (Wildman–Crippen MR) is 117 cm³/mol. The lowest BCUT2D eigenvalue weighted by atomic mass is 10.0. The fourth-order valence-electron chi connectivity index (χ4n) is 3.93. The van der Waals surface area contributed by atoms with Gasteiger partial charge in [0.25, 0.3) is 5.91 Å². The second-order valence-corrected chi connectivity index (χ2v) is 8.85. The Hall–Kier alpha value is -3.68. The van der Waals surface area contributed by atoms with Gasteiger partial charge in [-0.25, -0.2) is 0 Å². The van der Waals surface area contributed by atoms with Gasteiger partial charge in [-0.3, -0.25) is 19.4 Å². The minimum atomic E-state index is -0.901. The average molecular weight is 435 g/mol. The summed E-state index contributed by atoms with van der Waals surface area (Å²) in [5.74, 6) is -1.37. The molecule has 4 rings (SSSR count). The molecule has 1 aliphatic rings. The molecule has 3 aromatic rings. The highest BCUT2D eigenvalue weighted by Crippen LogP contribution is 2.34. The van der Waals surface area contributed by atoms with Crippen LogP contribution in [0.25, 0.3) is 22.2 Å². The van der Waals surface area contributed by atoms with Crippen molar-refractivity contribution in [3.63, 3.8) is 0 Å². The molecule has 32 heavy (non-hydrogen) atoms. The largest absolute Gasteiger partial charge is 0.462 e. The maximum Gasteiger partial charge on any atom is 0.306 e. The zero-order valence-corrected chi connectivity index (χ0v) is 18.3. The number of amides is 2. The molecule has 0 bridgehead atoms. The molecule has 1 aromatic carbocycles. The Morgan fingerprint density at radius 3 is 2.75 bits per heavy atom. The van der Waals surface area contributed by atoms with Crippen LogP contribution in [0.5, 0.6) is 0 Å². The number of ether oxygens (including phenoxy) is 1. The van der Waals surface area contributed by atoms with Crippen LogP contribution in [0.3, 0.4) is 0 Å². The minimum Gasteiger partial charge on any atom is -0.462 e. The normalized spacial score (nSPS) is 14.5. The lowest BCUT2D eigenvalue weighted by molar-refractivity contribution is -0.155. The molecule has 0 spiro atoms. The van der Waals surface area contributed by atoms with Crippen molar-refractivity contribution < 1.29 is 23.5 Å². The third-order valence-electron chi connectivity index (χ3n) is 5.32. The van der Waals surface area contributed by atoms with E-state index in [1.54, 1.807) is 45.4 Å². The van der Waals surface area contributed by atoms with E-state index in [-0.39, 0.29) is 25.3 Å². The second kappa shape index (κ2) is 8.11. The number of primary amides is 1. The van der Waals surface area contributed by atoms with E-state index in [1.165, 1.54) is 4.90 Å². The summed E-state index contributed by atoms with van der Waals surface area (Å²) in [4.78, 5) is 43.0. The maximum atomic E-state index is 13.0. The third kappa shape index (κ3) is 4.21. The summed E-state index contributed by atoms with van der Waals surface area (Å²) in [6.45, 7) is 5.54. The first-order valence-electron chi connectivity index (χ1n) is 10.4. The van der Waals surface area contributed by atoms with Crippen molar-refractivity contribution in [3.8, 4) is 11.1 Å². The van der Waals surface area contributed by atoms with Gasteiger partial charge in [-0.15, -0.1) is 0 Å². The molecule has 0 saturated carbocycles. The van der Waals surface area contributed by atoms with Gasteiger partial charge in [0.1, 0.15) is 23.4 Å². The first-order chi connectivity index (χ1) is 15.1. The Morgan fingerprint density at radius 1 is 1.25 bits per heavy atom. The molecule has 2 aromatic heterocycles. The summed E-state index contributed by atoms with van der Waals surface area (Å²) in [6, 6.07) is 8.21. The number of nitrogens with two attached hydrogens (primary N) is 1. The number of nitrogens with zero attached hydrogens (tertiary/aromatic N) is 2. The summed E-state index contributed by atoms with van der Waals surface area (Å²) < 4.78 is 10.9. The number of fused-ring (bicyclic) bond motifs is 2. The zero-order chi connectivity index (χ0) is 23.0. The second-order valence-electron chi connectivity index (χ2n) is 8.85. The van der Waals surface area contributed by atoms with Gasteiger partial charge in [0, 0.05) is 30.3 Å². The van der Waals surface area contributed by atoms with Crippen LogP contribution >= 0.6 is 0 Å². The number of pyridine rings is 1. The molecule has 8 nitrogen and oxygen atoms in total. The maximum absolute atomic E-state index is 13.0. The summed E-state index contributed by atoms with van der Waals surface area (Å²) in [5.41, 5.74) is 9.36. The van der Waals surface area contributed by atoms with E-state index in [1.807, 2.05) is 18.2 Å². The monoisotopic (exact) mass is 435 g/mol. The Morgan fingerprint density at radius 2 is 2.03 bits per heavy atom. The van der Waals surface area contributed by atoms with E-state index in [4.69, 9.17) is 14.9 Å². The number of esters is 1. The lowest BCUT2D eigenvalue weighted by Gasteiger charge is -2.25. The molecule has 1 atom stereocenters. The van der Waals surface area contributed by atoms with Crippen molar-refractivity contribution in [1.82, 2.24) is 9.88 Å². The van der Waals surface area contributed by atoms with Crippen molar-refractivity contribution in [3.05, 3.63) is 53.9 Å². The summed E-state index contributed by atoms with van der Waals surface area (Å²) in [7, 11) is 0. The van der Waals surface area contributed by atoms with E-state index < -0.39 is 23.5 Å². The van der Waals surface area contributed by atoms with Gasteiger partial charge in [-0.05, 0) is 62.6 Å². The summed E-state index contributed by atoms with van der Waals surface area (Å²) >= 11 is 0. The highest BCUT2D eigenvalue weighted by atomic mass is 16.6. The fraction of sp³-hybridized carbons (Fsp3) is 0.333. The van der Waals surface area contributed by atoms with E-state index in [2.05, 4.69) is 4.98 Å². The van der Waals surface area contributed by atoms with Crippen LogP contribution in [0.4, 0.5) is 0 Å². The zero-order valence-electron chi connectivity index (χ0n) is 18.3. The van der Waals surface area contributed by atoms with Crippen molar-refractivity contribution >= 4 is 28.9 Å². The number of furan rings is 1. The fourth-order valence-corrected chi connectivity index (χ4v) is 3.93. The lowest BCUT2D eigenvalue weighted by Crippen LogP contribution is -2.45. The molecule has 2 N–H and O–H groups in total. The summed E-state index contributed by atoms with van der Waals surface area (Å²) in [6.07, 6.45) is 3.43. The van der Waals surface area contributed by atoms with Gasteiger partial charge in [0.2, 0.25) is 5.91 Å². The number of hydrogen-bond acceptors (Lipinski definition) is 6.